The summed E-state index contributed by atoms with van der Waals surface area (Å²) in [5.41, 5.74) is -4.74. The van der Waals surface area contributed by atoms with Crippen molar-refractivity contribution in [1.29, 1.82) is 0 Å². The van der Waals surface area contributed by atoms with Crippen LogP contribution in [0.15, 0.2) is 30.3 Å². The maximum Gasteiger partial charge on any atom is 0.417 e. The molecule has 0 atom stereocenters. The number of carbonyl (C=O) groups excluding carboxylic acids is 2. The summed E-state index contributed by atoms with van der Waals surface area (Å²) in [5.74, 6) is -3.98. The number of rotatable bonds is 5. The smallest absolute Gasteiger partial charge is 0.417 e. The molecule has 1 aliphatic rings. The predicted octanol–water partition coefficient (Wildman–Crippen LogP) is 5.51. The third kappa shape index (κ3) is 5.00. The van der Waals surface area contributed by atoms with E-state index in [4.69, 9.17) is 9.47 Å². The number of amides is 1. The molecule has 0 bridgehead atoms. The lowest BCUT2D eigenvalue weighted by Crippen LogP contribution is -2.56. The Bertz CT molecular complexity index is 1070. The molecular weight excluding hydrogens is 461 g/mol. The van der Waals surface area contributed by atoms with Gasteiger partial charge in [0.05, 0.1) is 25.3 Å². The Labute approximate surface area is 193 Å². The van der Waals surface area contributed by atoms with Gasteiger partial charge in [-0.2, -0.15) is 13.2 Å². The SMILES string of the molecule is COC(=O)C1(NC(=O)c2ccc(C(F)(F)F)c(-c3c(F)cc(OC)cc3F)c2)CCC(C)CC1. The van der Waals surface area contributed by atoms with Gasteiger partial charge in [0.25, 0.3) is 5.91 Å². The predicted molar refractivity (Wildman–Crippen MR) is 113 cm³/mol. The van der Waals surface area contributed by atoms with Crippen LogP contribution in [0.2, 0.25) is 0 Å². The van der Waals surface area contributed by atoms with Gasteiger partial charge in [-0.3, -0.25) is 4.79 Å². The number of hydrogen-bond donors (Lipinski definition) is 1. The molecule has 0 aromatic heterocycles. The van der Waals surface area contributed by atoms with E-state index < -0.39 is 51.9 Å². The van der Waals surface area contributed by atoms with Crippen molar-refractivity contribution in [3.8, 4) is 16.9 Å². The summed E-state index contributed by atoms with van der Waals surface area (Å²) in [6.07, 6.45) is -3.09. The standard InChI is InChI=1S/C24H24F5NO4/c1-13-6-8-23(9-7-13,22(32)34-3)30-21(31)14-4-5-17(24(27,28)29)16(10-14)20-18(25)11-15(33-2)12-19(20)26/h4-5,10-13H,6-9H2,1-3H3,(H,30,31). The highest BCUT2D eigenvalue weighted by molar-refractivity contribution is 5.99. The summed E-state index contributed by atoms with van der Waals surface area (Å²) in [6, 6.07) is 3.75. The molecule has 2 aromatic rings. The molecule has 3 rings (SSSR count). The van der Waals surface area contributed by atoms with E-state index in [9.17, 15) is 31.5 Å². The average Bonchev–Trinajstić information content (AvgIpc) is 2.78. The van der Waals surface area contributed by atoms with Crippen molar-refractivity contribution in [1.82, 2.24) is 5.32 Å². The lowest BCUT2D eigenvalue weighted by atomic mass is 9.77. The molecule has 0 radical (unpaired) electrons. The zero-order valence-electron chi connectivity index (χ0n) is 18.8. The van der Waals surface area contributed by atoms with Gasteiger partial charge >= 0.3 is 12.1 Å². The van der Waals surface area contributed by atoms with Crippen molar-refractivity contribution in [2.75, 3.05) is 14.2 Å². The number of halogens is 5. The fourth-order valence-corrected chi connectivity index (χ4v) is 4.18. The first-order chi connectivity index (χ1) is 15.9. The van der Waals surface area contributed by atoms with Gasteiger partial charge in [0, 0.05) is 23.3 Å². The van der Waals surface area contributed by atoms with Crippen LogP contribution in [0.3, 0.4) is 0 Å². The van der Waals surface area contributed by atoms with Crippen LogP contribution in [0.4, 0.5) is 22.0 Å². The van der Waals surface area contributed by atoms with E-state index in [0.717, 1.165) is 31.4 Å². The van der Waals surface area contributed by atoms with Crippen LogP contribution in [0.5, 0.6) is 5.75 Å². The minimum atomic E-state index is -4.95. The van der Waals surface area contributed by atoms with Gasteiger partial charge in [0.1, 0.15) is 22.9 Å². The van der Waals surface area contributed by atoms with Crippen LogP contribution in [0.1, 0.15) is 48.5 Å². The first-order valence-electron chi connectivity index (χ1n) is 10.6. The highest BCUT2D eigenvalue weighted by atomic mass is 19.4. The minimum Gasteiger partial charge on any atom is -0.497 e. The van der Waals surface area contributed by atoms with Crippen LogP contribution >= 0.6 is 0 Å². The van der Waals surface area contributed by atoms with Crippen LogP contribution in [-0.2, 0) is 15.7 Å². The molecule has 184 valence electrons. The normalized spacial score (nSPS) is 20.5. The summed E-state index contributed by atoms with van der Waals surface area (Å²) in [4.78, 5) is 25.5. The van der Waals surface area contributed by atoms with Crippen LogP contribution in [0, 0.1) is 17.6 Å². The van der Waals surface area contributed by atoms with Crippen molar-refractivity contribution in [3.63, 3.8) is 0 Å². The van der Waals surface area contributed by atoms with E-state index in [1.807, 2.05) is 6.92 Å². The molecule has 0 unspecified atom stereocenters. The maximum absolute atomic E-state index is 14.7. The summed E-state index contributed by atoms with van der Waals surface area (Å²) >= 11 is 0. The van der Waals surface area contributed by atoms with Gasteiger partial charge < -0.3 is 14.8 Å². The molecule has 1 saturated carbocycles. The summed E-state index contributed by atoms with van der Waals surface area (Å²) in [5, 5.41) is 2.60. The quantitative estimate of drug-likeness (QED) is 0.448. The van der Waals surface area contributed by atoms with Crippen molar-refractivity contribution in [2.24, 2.45) is 5.92 Å². The van der Waals surface area contributed by atoms with Gasteiger partial charge in [-0.15, -0.1) is 0 Å². The maximum atomic E-state index is 14.7. The molecule has 2 aromatic carbocycles. The lowest BCUT2D eigenvalue weighted by molar-refractivity contribution is -0.150. The third-order valence-corrected chi connectivity index (χ3v) is 6.16. The molecular formula is C24H24F5NO4. The van der Waals surface area contributed by atoms with Crippen molar-refractivity contribution < 1.29 is 41.0 Å². The van der Waals surface area contributed by atoms with Gasteiger partial charge in [0.15, 0.2) is 0 Å². The van der Waals surface area contributed by atoms with E-state index in [2.05, 4.69) is 5.32 Å². The van der Waals surface area contributed by atoms with Gasteiger partial charge in [-0.1, -0.05) is 6.92 Å². The third-order valence-electron chi connectivity index (χ3n) is 6.16. The fraction of sp³-hybridized carbons (Fsp3) is 0.417. The Morgan fingerprint density at radius 2 is 1.62 bits per heavy atom. The largest absolute Gasteiger partial charge is 0.497 e. The van der Waals surface area contributed by atoms with Gasteiger partial charge in [-0.25, -0.2) is 13.6 Å². The molecule has 1 fully saturated rings. The van der Waals surface area contributed by atoms with E-state index in [1.54, 1.807) is 0 Å². The van der Waals surface area contributed by atoms with Crippen LogP contribution in [-0.4, -0.2) is 31.6 Å². The Morgan fingerprint density at radius 1 is 1.03 bits per heavy atom. The summed E-state index contributed by atoms with van der Waals surface area (Å²) < 4.78 is 79.9. The Morgan fingerprint density at radius 3 is 2.12 bits per heavy atom. The van der Waals surface area contributed by atoms with Gasteiger partial charge in [-0.05, 0) is 49.8 Å². The van der Waals surface area contributed by atoms with Crippen molar-refractivity contribution in [3.05, 3.63) is 53.1 Å². The summed E-state index contributed by atoms with van der Waals surface area (Å²) in [7, 11) is 2.34. The second-order valence-corrected chi connectivity index (χ2v) is 8.43. The Hall–Kier alpha value is -3.17. The topological polar surface area (TPSA) is 64.6 Å². The number of esters is 1. The molecule has 1 amide bonds. The number of methoxy groups -OCH3 is 2. The minimum absolute atomic E-state index is 0.215. The molecule has 1 N–H and O–H groups in total. The zero-order valence-corrected chi connectivity index (χ0v) is 18.8. The Balaban J connectivity index is 2.07. The number of benzene rings is 2. The molecule has 5 nitrogen and oxygen atoms in total. The molecule has 0 aliphatic heterocycles. The first kappa shape index (κ1) is 25.5. The van der Waals surface area contributed by atoms with Crippen LogP contribution < -0.4 is 10.1 Å². The van der Waals surface area contributed by atoms with E-state index >= 15 is 0 Å². The van der Waals surface area contributed by atoms with E-state index in [-0.39, 0.29) is 11.3 Å². The monoisotopic (exact) mass is 485 g/mol. The van der Waals surface area contributed by atoms with E-state index in [0.29, 0.717) is 37.7 Å². The highest BCUT2D eigenvalue weighted by Crippen LogP contribution is 2.41. The number of hydrogen-bond acceptors (Lipinski definition) is 4. The van der Waals surface area contributed by atoms with E-state index in [1.165, 1.54) is 7.11 Å². The van der Waals surface area contributed by atoms with Crippen molar-refractivity contribution in [2.45, 2.75) is 44.3 Å². The molecule has 10 heteroatoms. The molecule has 0 saturated heterocycles. The summed E-state index contributed by atoms with van der Waals surface area (Å²) in [6.45, 7) is 2.00. The molecule has 0 heterocycles. The Kier molecular flexibility index (Phi) is 7.18. The van der Waals surface area contributed by atoms with Crippen molar-refractivity contribution >= 4 is 11.9 Å². The second kappa shape index (κ2) is 9.60. The van der Waals surface area contributed by atoms with Crippen LogP contribution in [0.25, 0.3) is 11.1 Å². The number of alkyl halides is 3. The number of nitrogens with one attached hydrogen (secondary N) is 1. The molecule has 1 aliphatic carbocycles. The zero-order chi connectivity index (χ0) is 25.3. The second-order valence-electron chi connectivity index (χ2n) is 8.43. The van der Waals surface area contributed by atoms with Gasteiger partial charge in [0.2, 0.25) is 0 Å². The number of ether oxygens (including phenoxy) is 2. The molecule has 34 heavy (non-hydrogen) atoms. The lowest BCUT2D eigenvalue weighted by Gasteiger charge is -2.37. The number of carbonyl (C=O) groups is 2. The average molecular weight is 485 g/mol. The highest BCUT2D eigenvalue weighted by Gasteiger charge is 2.44. The molecule has 0 spiro atoms. The first-order valence-corrected chi connectivity index (χ1v) is 10.6. The fourth-order valence-electron chi connectivity index (χ4n) is 4.18.